The number of halogens is 1. The molecular weight excluding hydrogens is 248 g/mol. The fraction of sp³-hybridized carbons (Fsp3) is 0.500. The van der Waals surface area contributed by atoms with E-state index >= 15 is 0 Å². The molecule has 0 spiro atoms. The molecule has 1 atom stereocenters. The zero-order valence-corrected chi connectivity index (χ0v) is 11.4. The van der Waals surface area contributed by atoms with Gasteiger partial charge in [0.2, 0.25) is 0 Å². The molecule has 1 aromatic carbocycles. The second kappa shape index (κ2) is 6.21. The largest absolute Gasteiger partial charge is 0.349 e. The number of carbonyl (C=O) groups is 1. The van der Waals surface area contributed by atoms with E-state index in [2.05, 4.69) is 10.6 Å². The summed E-state index contributed by atoms with van der Waals surface area (Å²) in [7, 11) is 0. The average Bonchev–Trinajstić information content (AvgIpc) is 2.61. The van der Waals surface area contributed by atoms with E-state index in [9.17, 15) is 4.79 Å². The van der Waals surface area contributed by atoms with Gasteiger partial charge in [0, 0.05) is 16.6 Å². The van der Waals surface area contributed by atoms with Crippen LogP contribution in [0.1, 0.15) is 35.2 Å². The Morgan fingerprint density at radius 2 is 2.22 bits per heavy atom. The number of hydrogen-bond acceptors (Lipinski definition) is 2. The van der Waals surface area contributed by atoms with E-state index in [0.717, 1.165) is 37.9 Å². The van der Waals surface area contributed by atoms with Gasteiger partial charge in [0.25, 0.3) is 5.91 Å². The third-order valence-electron chi connectivity index (χ3n) is 3.33. The Hall–Kier alpha value is -1.06. The molecule has 0 bridgehead atoms. The summed E-state index contributed by atoms with van der Waals surface area (Å²) < 4.78 is 0. The highest BCUT2D eigenvalue weighted by Gasteiger charge is 2.15. The van der Waals surface area contributed by atoms with Crippen LogP contribution in [-0.2, 0) is 0 Å². The normalized spacial score (nSPS) is 20.2. The first-order valence-corrected chi connectivity index (χ1v) is 6.82. The number of carbonyl (C=O) groups excluding carboxylic acids is 1. The van der Waals surface area contributed by atoms with Crippen molar-refractivity contribution in [3.8, 4) is 0 Å². The van der Waals surface area contributed by atoms with Crippen molar-refractivity contribution in [3.63, 3.8) is 0 Å². The summed E-state index contributed by atoms with van der Waals surface area (Å²) in [5.41, 5.74) is 1.63. The van der Waals surface area contributed by atoms with Crippen molar-refractivity contribution >= 4 is 17.5 Å². The lowest BCUT2D eigenvalue weighted by Gasteiger charge is -2.16. The summed E-state index contributed by atoms with van der Waals surface area (Å²) >= 11 is 5.96. The predicted molar refractivity (Wildman–Crippen MR) is 74.2 cm³/mol. The van der Waals surface area contributed by atoms with Crippen LogP contribution in [0.3, 0.4) is 0 Å². The fourth-order valence-electron chi connectivity index (χ4n) is 2.22. The first-order chi connectivity index (χ1) is 8.66. The predicted octanol–water partition coefficient (Wildman–Crippen LogP) is 2.52. The van der Waals surface area contributed by atoms with E-state index in [1.54, 1.807) is 12.1 Å². The number of benzene rings is 1. The Bertz CT molecular complexity index is 426. The van der Waals surface area contributed by atoms with Crippen LogP contribution < -0.4 is 10.6 Å². The molecule has 0 radical (unpaired) electrons. The molecule has 1 aliphatic rings. The minimum Gasteiger partial charge on any atom is -0.349 e. The lowest BCUT2D eigenvalue weighted by atomic mass is 10.1. The number of aryl methyl sites for hydroxylation is 1. The van der Waals surface area contributed by atoms with E-state index in [0.29, 0.717) is 10.6 Å². The maximum absolute atomic E-state index is 12.1. The third-order valence-corrected chi connectivity index (χ3v) is 3.76. The molecule has 0 aromatic heterocycles. The Labute approximate surface area is 113 Å². The molecule has 18 heavy (non-hydrogen) atoms. The molecule has 3 nitrogen and oxygen atoms in total. The maximum Gasteiger partial charge on any atom is 0.251 e. The highest BCUT2D eigenvalue weighted by molar-refractivity contribution is 6.31. The molecule has 1 aliphatic heterocycles. The third kappa shape index (κ3) is 3.47. The summed E-state index contributed by atoms with van der Waals surface area (Å²) in [6.07, 6.45) is 3.16. The number of amides is 1. The zero-order chi connectivity index (χ0) is 13.0. The van der Waals surface area contributed by atoms with Crippen molar-refractivity contribution < 1.29 is 4.79 Å². The van der Waals surface area contributed by atoms with Gasteiger partial charge in [0.05, 0.1) is 0 Å². The topological polar surface area (TPSA) is 41.1 Å². The first-order valence-electron chi connectivity index (χ1n) is 6.44. The van der Waals surface area contributed by atoms with Gasteiger partial charge < -0.3 is 10.6 Å². The molecular formula is C14H19ClN2O. The van der Waals surface area contributed by atoms with E-state index in [1.165, 1.54) is 0 Å². The lowest BCUT2D eigenvalue weighted by molar-refractivity contribution is 0.0934. The average molecular weight is 267 g/mol. The smallest absolute Gasteiger partial charge is 0.251 e. The van der Waals surface area contributed by atoms with Gasteiger partial charge in [-0.25, -0.2) is 0 Å². The lowest BCUT2D eigenvalue weighted by Crippen LogP contribution is -2.35. The van der Waals surface area contributed by atoms with E-state index < -0.39 is 0 Å². The molecule has 2 N–H and O–H groups in total. The van der Waals surface area contributed by atoms with Crippen molar-refractivity contribution in [1.82, 2.24) is 10.6 Å². The summed E-state index contributed by atoms with van der Waals surface area (Å²) in [6.45, 7) is 3.94. The Morgan fingerprint density at radius 1 is 1.39 bits per heavy atom. The molecule has 1 amide bonds. The van der Waals surface area contributed by atoms with Crippen LogP contribution in [0.5, 0.6) is 0 Å². The zero-order valence-electron chi connectivity index (χ0n) is 10.6. The van der Waals surface area contributed by atoms with Crippen molar-refractivity contribution in [1.29, 1.82) is 0 Å². The molecule has 0 saturated carbocycles. The van der Waals surface area contributed by atoms with Crippen LogP contribution >= 0.6 is 11.6 Å². The minimum atomic E-state index is 0.00154. The molecule has 0 aliphatic carbocycles. The van der Waals surface area contributed by atoms with Crippen LogP contribution in [0.2, 0.25) is 5.02 Å². The van der Waals surface area contributed by atoms with Crippen molar-refractivity contribution in [2.24, 2.45) is 0 Å². The molecule has 1 aromatic rings. The summed E-state index contributed by atoms with van der Waals surface area (Å²) in [4.78, 5) is 12.1. The van der Waals surface area contributed by atoms with Gasteiger partial charge in [-0.1, -0.05) is 11.6 Å². The second-order valence-electron chi connectivity index (χ2n) is 4.82. The van der Waals surface area contributed by atoms with Crippen LogP contribution in [0, 0.1) is 6.92 Å². The van der Waals surface area contributed by atoms with E-state index in [1.807, 2.05) is 13.0 Å². The van der Waals surface area contributed by atoms with Gasteiger partial charge in [-0.05, 0) is 63.0 Å². The van der Waals surface area contributed by atoms with Gasteiger partial charge >= 0.3 is 0 Å². The van der Waals surface area contributed by atoms with Crippen LogP contribution in [0.15, 0.2) is 18.2 Å². The second-order valence-corrected chi connectivity index (χ2v) is 5.22. The van der Waals surface area contributed by atoms with E-state index in [-0.39, 0.29) is 11.9 Å². The molecule has 2 rings (SSSR count). The molecule has 1 unspecified atom stereocenters. The van der Waals surface area contributed by atoms with Crippen molar-refractivity contribution in [2.75, 3.05) is 13.1 Å². The van der Waals surface area contributed by atoms with E-state index in [4.69, 9.17) is 11.6 Å². The first kappa shape index (κ1) is 13.4. The molecule has 4 heteroatoms. The number of hydrogen-bond donors (Lipinski definition) is 2. The van der Waals surface area contributed by atoms with Crippen LogP contribution in [0.4, 0.5) is 0 Å². The molecule has 1 fully saturated rings. The number of nitrogens with one attached hydrogen (secondary N) is 2. The highest BCUT2D eigenvalue weighted by Crippen LogP contribution is 2.16. The molecule has 98 valence electrons. The van der Waals surface area contributed by atoms with Gasteiger partial charge in [-0.3, -0.25) is 4.79 Å². The maximum atomic E-state index is 12.1. The monoisotopic (exact) mass is 266 g/mol. The Morgan fingerprint density at radius 3 is 3.00 bits per heavy atom. The summed E-state index contributed by atoms with van der Waals surface area (Å²) in [6, 6.07) is 5.68. The van der Waals surface area contributed by atoms with Gasteiger partial charge in [0.1, 0.15) is 0 Å². The van der Waals surface area contributed by atoms with Gasteiger partial charge in [-0.15, -0.1) is 0 Å². The standard InChI is InChI=1S/C14H19ClN2O/c1-10-9-11(4-5-13(10)15)14(18)17-12-3-2-7-16-8-6-12/h4-5,9,12,16H,2-3,6-8H2,1H3,(H,17,18). The van der Waals surface area contributed by atoms with Gasteiger partial charge in [0.15, 0.2) is 0 Å². The van der Waals surface area contributed by atoms with Crippen LogP contribution in [-0.4, -0.2) is 25.0 Å². The van der Waals surface area contributed by atoms with Crippen LogP contribution in [0.25, 0.3) is 0 Å². The minimum absolute atomic E-state index is 0.00154. The van der Waals surface area contributed by atoms with Gasteiger partial charge in [-0.2, -0.15) is 0 Å². The summed E-state index contributed by atoms with van der Waals surface area (Å²) in [5.74, 6) is 0.00154. The quantitative estimate of drug-likeness (QED) is 0.864. The summed E-state index contributed by atoms with van der Waals surface area (Å²) in [5, 5.41) is 7.14. The van der Waals surface area contributed by atoms with Crippen molar-refractivity contribution in [2.45, 2.75) is 32.2 Å². The molecule has 1 saturated heterocycles. The fourth-order valence-corrected chi connectivity index (χ4v) is 2.34. The molecule has 1 heterocycles. The SMILES string of the molecule is Cc1cc(C(=O)NC2CCCNCC2)ccc1Cl. The Balaban J connectivity index is 1.99. The Kier molecular flexibility index (Phi) is 4.61. The number of rotatable bonds is 2. The van der Waals surface area contributed by atoms with Crippen molar-refractivity contribution in [3.05, 3.63) is 34.3 Å². The highest BCUT2D eigenvalue weighted by atomic mass is 35.5.